The van der Waals surface area contributed by atoms with Gasteiger partial charge in [-0.05, 0) is 39.3 Å². The van der Waals surface area contributed by atoms with Crippen molar-refractivity contribution in [2.45, 2.75) is 44.9 Å². The Hall–Kier alpha value is -3.01. The van der Waals surface area contributed by atoms with Crippen LogP contribution in [0.1, 0.15) is 37.6 Å². The van der Waals surface area contributed by atoms with Crippen molar-refractivity contribution in [3.05, 3.63) is 29.3 Å². The predicted molar refractivity (Wildman–Crippen MR) is 112 cm³/mol. The maximum atomic E-state index is 12.5. The summed E-state index contributed by atoms with van der Waals surface area (Å²) < 4.78 is 7.23. The topological polar surface area (TPSA) is 92.9 Å². The van der Waals surface area contributed by atoms with E-state index in [4.69, 9.17) is 4.74 Å². The lowest BCUT2D eigenvalue weighted by Gasteiger charge is -2.55. The second-order valence-corrected chi connectivity index (χ2v) is 9.51. The number of rotatable bonds is 3. The quantitative estimate of drug-likeness (QED) is 0.595. The van der Waals surface area contributed by atoms with Crippen molar-refractivity contribution in [2.75, 3.05) is 18.0 Å². The molecule has 2 atom stereocenters. The van der Waals surface area contributed by atoms with E-state index in [-0.39, 0.29) is 18.2 Å². The van der Waals surface area contributed by atoms with Gasteiger partial charge in [-0.1, -0.05) is 0 Å². The minimum absolute atomic E-state index is 0.0780. The van der Waals surface area contributed by atoms with Crippen molar-refractivity contribution in [2.24, 2.45) is 0 Å². The lowest BCUT2D eigenvalue weighted by Crippen LogP contribution is -2.70. The van der Waals surface area contributed by atoms with E-state index in [1.165, 1.54) is 11.3 Å². The molecule has 6 rings (SSSR count). The summed E-state index contributed by atoms with van der Waals surface area (Å²) in [5.41, 5.74) is 1.27. The lowest BCUT2D eigenvalue weighted by atomic mass is 9.88. The van der Waals surface area contributed by atoms with E-state index in [1.54, 1.807) is 16.8 Å². The minimum Gasteiger partial charge on any atom is -0.444 e. The van der Waals surface area contributed by atoms with E-state index in [0.717, 1.165) is 23.4 Å². The largest absolute Gasteiger partial charge is 0.444 e. The number of hydrogen-bond donors (Lipinski definition) is 0. The summed E-state index contributed by atoms with van der Waals surface area (Å²) in [5, 5.41) is 7.40. The molecule has 2 unspecified atom stereocenters. The number of aromatic nitrogens is 4. The van der Waals surface area contributed by atoms with Crippen molar-refractivity contribution in [3.8, 4) is 10.7 Å². The van der Waals surface area contributed by atoms with Gasteiger partial charge in [0.2, 0.25) is 5.95 Å². The summed E-state index contributed by atoms with van der Waals surface area (Å²) in [6.07, 6.45) is 3.21. The van der Waals surface area contributed by atoms with Crippen molar-refractivity contribution >= 4 is 35.3 Å². The van der Waals surface area contributed by atoms with Gasteiger partial charge in [-0.2, -0.15) is 4.98 Å². The molecule has 3 aliphatic rings. The fraction of sp³-hybridized carbons (Fsp3) is 0.450. The van der Waals surface area contributed by atoms with Crippen LogP contribution in [0.5, 0.6) is 0 Å². The highest BCUT2D eigenvalue weighted by Crippen LogP contribution is 2.35. The zero-order valence-electron chi connectivity index (χ0n) is 17.0. The molecule has 0 saturated carbocycles. The summed E-state index contributed by atoms with van der Waals surface area (Å²) >= 11 is 1.50. The first-order valence-corrected chi connectivity index (χ1v) is 10.7. The summed E-state index contributed by atoms with van der Waals surface area (Å²) in [6, 6.07) is 3.74. The molecule has 0 aliphatic carbocycles. The third-order valence-corrected chi connectivity index (χ3v) is 6.16. The van der Waals surface area contributed by atoms with Crippen LogP contribution in [-0.4, -0.2) is 67.6 Å². The molecule has 30 heavy (non-hydrogen) atoms. The molecule has 3 fully saturated rings. The number of fused-ring (bicyclic) bond motifs is 3. The smallest absolute Gasteiger partial charge is 0.410 e. The van der Waals surface area contributed by atoms with Gasteiger partial charge >= 0.3 is 6.09 Å². The van der Waals surface area contributed by atoms with Gasteiger partial charge in [-0.15, -0.1) is 16.4 Å². The molecule has 3 saturated heterocycles. The summed E-state index contributed by atoms with van der Waals surface area (Å²) in [5.74, 6) is 0.556. The molecule has 0 aromatic carbocycles. The van der Waals surface area contributed by atoms with E-state index in [9.17, 15) is 9.59 Å². The lowest BCUT2D eigenvalue weighted by molar-refractivity contribution is -0.0381. The zero-order chi connectivity index (χ0) is 21.0. The molecular weight excluding hydrogens is 404 g/mol. The van der Waals surface area contributed by atoms with E-state index in [2.05, 4.69) is 20.0 Å². The Morgan fingerprint density at radius 1 is 1.27 bits per heavy atom. The molecule has 2 bridgehead atoms. The number of carbonyl (C=O) groups excluding carboxylic acids is 2. The molecule has 9 nitrogen and oxygen atoms in total. The van der Waals surface area contributed by atoms with Crippen molar-refractivity contribution < 1.29 is 14.3 Å². The molecule has 6 heterocycles. The highest BCUT2D eigenvalue weighted by atomic mass is 32.1. The number of aldehydes is 1. The van der Waals surface area contributed by atoms with Gasteiger partial charge in [0.1, 0.15) is 16.3 Å². The number of piperidine rings is 1. The number of anilines is 1. The fourth-order valence-electron chi connectivity index (χ4n) is 4.09. The highest BCUT2D eigenvalue weighted by molar-refractivity contribution is 7.13. The fourth-order valence-corrected chi connectivity index (χ4v) is 4.74. The summed E-state index contributed by atoms with van der Waals surface area (Å²) in [6.45, 7) is 6.89. The summed E-state index contributed by atoms with van der Waals surface area (Å²) in [4.78, 5) is 36.9. The predicted octanol–water partition coefficient (Wildman–Crippen LogP) is 2.86. The SMILES string of the molecule is CC(C)(C)OC(=O)N1C2CC1CN(c1nc3c(C=O)ccc(-c4nccs4)n3n1)C2. The number of amides is 1. The second-order valence-electron chi connectivity index (χ2n) is 8.61. The number of carbonyl (C=O) groups is 2. The standard InChI is InChI=1S/C20H22N6O3S/c1-20(2,3)29-19(28)25-13-8-14(25)10-24(9-13)18-22-16-12(11-27)4-5-15(26(16)23-18)17-21-6-7-30-17/h4-7,11,13-14H,8-10H2,1-3H3. The van der Waals surface area contributed by atoms with Gasteiger partial charge in [0.15, 0.2) is 11.9 Å². The Bertz CT molecular complexity index is 1110. The van der Waals surface area contributed by atoms with Crippen LogP contribution in [-0.2, 0) is 4.74 Å². The van der Waals surface area contributed by atoms with Gasteiger partial charge < -0.3 is 9.64 Å². The molecule has 10 heteroatoms. The molecular formula is C20H22N6O3S. The van der Waals surface area contributed by atoms with Crippen molar-refractivity contribution in [3.63, 3.8) is 0 Å². The Labute approximate surface area is 177 Å². The normalized spacial score (nSPS) is 20.9. The number of pyridine rings is 1. The first-order valence-electron chi connectivity index (χ1n) is 9.85. The molecule has 1 amide bonds. The molecule has 3 aliphatic heterocycles. The average molecular weight is 427 g/mol. The van der Waals surface area contributed by atoms with Crippen LogP contribution < -0.4 is 4.90 Å². The second kappa shape index (κ2) is 6.76. The van der Waals surface area contributed by atoms with E-state index >= 15 is 0 Å². The van der Waals surface area contributed by atoms with Crippen LogP contribution in [0.2, 0.25) is 0 Å². The van der Waals surface area contributed by atoms with Crippen molar-refractivity contribution in [1.82, 2.24) is 24.5 Å². The van der Waals surface area contributed by atoms with Crippen LogP contribution in [0.3, 0.4) is 0 Å². The van der Waals surface area contributed by atoms with Gasteiger partial charge in [0.05, 0.1) is 17.6 Å². The highest BCUT2D eigenvalue weighted by Gasteiger charge is 2.49. The monoisotopic (exact) mass is 426 g/mol. The van der Waals surface area contributed by atoms with Crippen LogP contribution in [0.25, 0.3) is 16.3 Å². The molecule has 0 N–H and O–H groups in total. The van der Waals surface area contributed by atoms with Crippen LogP contribution >= 0.6 is 11.3 Å². The molecule has 0 spiro atoms. The third kappa shape index (κ3) is 3.11. The number of piperazine rings is 1. The van der Waals surface area contributed by atoms with E-state index in [1.807, 2.05) is 37.1 Å². The maximum Gasteiger partial charge on any atom is 0.410 e. The van der Waals surface area contributed by atoms with Crippen LogP contribution in [0.4, 0.5) is 10.7 Å². The average Bonchev–Trinajstić information content (AvgIpc) is 3.36. The Balaban J connectivity index is 1.43. The van der Waals surface area contributed by atoms with Gasteiger partial charge in [-0.25, -0.2) is 14.3 Å². The molecule has 156 valence electrons. The number of nitrogens with zero attached hydrogens (tertiary/aromatic N) is 6. The zero-order valence-corrected chi connectivity index (χ0v) is 17.8. The van der Waals surface area contributed by atoms with E-state index in [0.29, 0.717) is 30.2 Å². The maximum absolute atomic E-state index is 12.5. The number of hydrogen-bond acceptors (Lipinski definition) is 8. The van der Waals surface area contributed by atoms with Gasteiger partial charge in [0.25, 0.3) is 0 Å². The molecule has 3 aromatic heterocycles. The van der Waals surface area contributed by atoms with E-state index < -0.39 is 5.60 Å². The van der Waals surface area contributed by atoms with Gasteiger partial charge in [0, 0.05) is 24.7 Å². The molecule has 0 radical (unpaired) electrons. The minimum atomic E-state index is -0.513. The number of thiazole rings is 1. The Morgan fingerprint density at radius 2 is 2.03 bits per heavy atom. The number of ether oxygens (including phenoxy) is 1. The first-order chi connectivity index (χ1) is 14.3. The van der Waals surface area contributed by atoms with Gasteiger partial charge in [-0.3, -0.25) is 9.69 Å². The molecule has 3 aromatic rings. The summed E-state index contributed by atoms with van der Waals surface area (Å²) in [7, 11) is 0. The first kappa shape index (κ1) is 19.0. The van der Waals surface area contributed by atoms with Crippen molar-refractivity contribution in [1.29, 1.82) is 0 Å². The third-order valence-electron chi connectivity index (χ3n) is 5.36. The van der Waals surface area contributed by atoms with Crippen LogP contribution in [0.15, 0.2) is 23.7 Å². The Morgan fingerprint density at radius 3 is 2.67 bits per heavy atom. The Kier molecular flexibility index (Phi) is 4.28. The van der Waals surface area contributed by atoms with Crippen LogP contribution in [0, 0.1) is 0 Å².